The molecule has 2 N–H and O–H groups in total. The molecule has 0 aliphatic rings. The van der Waals surface area contributed by atoms with Crippen LogP contribution < -0.4 is 5.73 Å². The number of rotatable bonds is 4. The molecule has 0 spiro atoms. The molecule has 112 valence electrons. The summed E-state index contributed by atoms with van der Waals surface area (Å²) in [4.78, 5) is 0. The minimum absolute atomic E-state index is 0.0943. The van der Waals surface area contributed by atoms with Gasteiger partial charge in [-0.15, -0.1) is 0 Å². The second-order valence-corrected chi connectivity index (χ2v) is 6.34. The van der Waals surface area contributed by atoms with Crippen LogP contribution in [0.5, 0.6) is 0 Å². The molecule has 3 aromatic carbocycles. The van der Waals surface area contributed by atoms with Crippen LogP contribution in [0.4, 0.5) is 0 Å². The SMILES string of the molecule is CC(N)C(Cc1ccc(Cl)cc1)c1ccc2ccccc2c1. The van der Waals surface area contributed by atoms with Gasteiger partial charge in [0.15, 0.2) is 0 Å². The van der Waals surface area contributed by atoms with Gasteiger partial charge < -0.3 is 5.73 Å². The molecule has 0 aliphatic carbocycles. The first kappa shape index (κ1) is 15.1. The van der Waals surface area contributed by atoms with E-state index in [0.29, 0.717) is 5.92 Å². The maximum Gasteiger partial charge on any atom is 0.0406 e. The Morgan fingerprint density at radius 1 is 0.909 bits per heavy atom. The highest BCUT2D eigenvalue weighted by molar-refractivity contribution is 6.30. The van der Waals surface area contributed by atoms with Gasteiger partial charge in [0.2, 0.25) is 0 Å². The van der Waals surface area contributed by atoms with Crippen LogP contribution in [0.15, 0.2) is 66.7 Å². The van der Waals surface area contributed by atoms with Gasteiger partial charge >= 0.3 is 0 Å². The largest absolute Gasteiger partial charge is 0.327 e. The molecule has 0 aliphatic heterocycles. The molecule has 2 atom stereocenters. The zero-order valence-corrected chi connectivity index (χ0v) is 13.4. The maximum atomic E-state index is 6.26. The van der Waals surface area contributed by atoms with Crippen molar-refractivity contribution in [3.05, 3.63) is 82.9 Å². The summed E-state index contributed by atoms with van der Waals surface area (Å²) in [6.07, 6.45) is 0.924. The predicted molar refractivity (Wildman–Crippen MR) is 95.5 cm³/mol. The Balaban J connectivity index is 1.93. The average Bonchev–Trinajstić information content (AvgIpc) is 2.53. The molecule has 0 radical (unpaired) electrons. The van der Waals surface area contributed by atoms with Crippen LogP contribution in [-0.4, -0.2) is 6.04 Å². The van der Waals surface area contributed by atoms with E-state index in [4.69, 9.17) is 17.3 Å². The molecule has 1 nitrogen and oxygen atoms in total. The van der Waals surface area contributed by atoms with Crippen LogP contribution in [0.3, 0.4) is 0 Å². The van der Waals surface area contributed by atoms with E-state index in [1.54, 1.807) is 0 Å². The Morgan fingerprint density at radius 3 is 2.27 bits per heavy atom. The van der Waals surface area contributed by atoms with E-state index in [1.165, 1.54) is 21.9 Å². The third-order valence-electron chi connectivity index (χ3n) is 4.21. The lowest BCUT2D eigenvalue weighted by Gasteiger charge is -2.22. The second-order valence-electron chi connectivity index (χ2n) is 5.90. The summed E-state index contributed by atoms with van der Waals surface area (Å²) >= 11 is 5.97. The fourth-order valence-corrected chi connectivity index (χ4v) is 3.05. The van der Waals surface area contributed by atoms with Crippen molar-refractivity contribution in [2.24, 2.45) is 5.73 Å². The third-order valence-corrected chi connectivity index (χ3v) is 4.46. The van der Waals surface area contributed by atoms with Crippen LogP contribution in [0.1, 0.15) is 24.0 Å². The van der Waals surface area contributed by atoms with E-state index < -0.39 is 0 Å². The Labute approximate surface area is 136 Å². The molecule has 22 heavy (non-hydrogen) atoms. The number of halogens is 1. The van der Waals surface area contributed by atoms with E-state index >= 15 is 0 Å². The number of benzene rings is 3. The van der Waals surface area contributed by atoms with Crippen LogP contribution in [-0.2, 0) is 6.42 Å². The highest BCUT2D eigenvalue weighted by Crippen LogP contribution is 2.27. The summed E-state index contributed by atoms with van der Waals surface area (Å²) in [5.41, 5.74) is 8.82. The molecule has 3 aromatic rings. The average molecular weight is 310 g/mol. The monoisotopic (exact) mass is 309 g/mol. The zero-order chi connectivity index (χ0) is 15.5. The standard InChI is InChI=1S/C20H20ClN/c1-14(22)20(12-15-6-10-19(21)11-7-15)18-9-8-16-4-2-3-5-17(16)13-18/h2-11,13-14,20H,12,22H2,1H3. The van der Waals surface area contributed by atoms with Gasteiger partial charge in [0.1, 0.15) is 0 Å². The third kappa shape index (κ3) is 3.32. The maximum absolute atomic E-state index is 6.26. The van der Waals surface area contributed by atoms with Crippen molar-refractivity contribution in [1.29, 1.82) is 0 Å². The van der Waals surface area contributed by atoms with Crippen molar-refractivity contribution in [3.8, 4) is 0 Å². The van der Waals surface area contributed by atoms with Crippen molar-refractivity contribution < 1.29 is 0 Å². The van der Waals surface area contributed by atoms with Gasteiger partial charge in [-0.05, 0) is 47.4 Å². The van der Waals surface area contributed by atoms with Gasteiger partial charge in [-0.25, -0.2) is 0 Å². The van der Waals surface area contributed by atoms with Crippen molar-refractivity contribution in [2.45, 2.75) is 25.3 Å². The van der Waals surface area contributed by atoms with Crippen LogP contribution >= 0.6 is 11.6 Å². The Bertz CT molecular complexity index is 762. The predicted octanol–water partition coefficient (Wildman–Crippen LogP) is 5.17. The molecule has 0 heterocycles. The molecule has 0 amide bonds. The van der Waals surface area contributed by atoms with E-state index in [1.807, 2.05) is 12.1 Å². The summed E-state index contributed by atoms with van der Waals surface area (Å²) < 4.78 is 0. The Hall–Kier alpha value is -1.83. The van der Waals surface area contributed by atoms with E-state index in [0.717, 1.165) is 11.4 Å². The zero-order valence-electron chi connectivity index (χ0n) is 12.7. The van der Waals surface area contributed by atoms with E-state index in [9.17, 15) is 0 Å². The summed E-state index contributed by atoms with van der Waals surface area (Å²) in [7, 11) is 0. The van der Waals surface area contributed by atoms with Gasteiger partial charge in [-0.1, -0.05) is 66.2 Å². The fourth-order valence-electron chi connectivity index (χ4n) is 2.92. The lowest BCUT2D eigenvalue weighted by molar-refractivity contribution is 0.565. The smallest absolute Gasteiger partial charge is 0.0406 e. The molecule has 0 fully saturated rings. The summed E-state index contributed by atoms with van der Waals surface area (Å²) in [6.45, 7) is 2.08. The van der Waals surface area contributed by atoms with Gasteiger partial charge in [0.05, 0.1) is 0 Å². The molecule has 0 saturated carbocycles. The lowest BCUT2D eigenvalue weighted by Crippen LogP contribution is -2.26. The molecule has 0 saturated heterocycles. The van der Waals surface area contributed by atoms with Crippen molar-refractivity contribution >= 4 is 22.4 Å². The molecule has 2 unspecified atom stereocenters. The molecule has 0 bridgehead atoms. The first-order valence-electron chi connectivity index (χ1n) is 7.62. The van der Waals surface area contributed by atoms with E-state index in [-0.39, 0.29) is 6.04 Å². The highest BCUT2D eigenvalue weighted by Gasteiger charge is 2.17. The van der Waals surface area contributed by atoms with Gasteiger partial charge in [0.25, 0.3) is 0 Å². The van der Waals surface area contributed by atoms with Crippen molar-refractivity contribution in [3.63, 3.8) is 0 Å². The first-order valence-corrected chi connectivity index (χ1v) is 8.00. The summed E-state index contributed by atoms with van der Waals surface area (Å²) in [5, 5.41) is 3.30. The van der Waals surface area contributed by atoms with Crippen LogP contribution in [0.2, 0.25) is 5.02 Å². The Morgan fingerprint density at radius 2 is 1.59 bits per heavy atom. The number of nitrogens with two attached hydrogens (primary N) is 1. The molecule has 2 heteroatoms. The summed E-state index contributed by atoms with van der Waals surface area (Å²) in [5.74, 6) is 0.297. The van der Waals surface area contributed by atoms with Gasteiger partial charge in [-0.2, -0.15) is 0 Å². The quantitative estimate of drug-likeness (QED) is 0.707. The fraction of sp³-hybridized carbons (Fsp3) is 0.200. The minimum Gasteiger partial charge on any atom is -0.327 e. The van der Waals surface area contributed by atoms with E-state index in [2.05, 4.69) is 61.5 Å². The second kappa shape index (κ2) is 6.51. The van der Waals surface area contributed by atoms with Gasteiger partial charge in [-0.3, -0.25) is 0 Å². The molecule has 3 rings (SSSR count). The van der Waals surface area contributed by atoms with Crippen LogP contribution in [0.25, 0.3) is 10.8 Å². The molecular formula is C20H20ClN. The first-order chi connectivity index (χ1) is 10.6. The molecule has 0 aromatic heterocycles. The Kier molecular flexibility index (Phi) is 4.47. The summed E-state index contributed by atoms with van der Waals surface area (Å²) in [6, 6.07) is 23.2. The topological polar surface area (TPSA) is 26.0 Å². The number of hydrogen-bond donors (Lipinski definition) is 1. The minimum atomic E-state index is 0.0943. The number of fused-ring (bicyclic) bond motifs is 1. The van der Waals surface area contributed by atoms with Gasteiger partial charge in [0, 0.05) is 17.0 Å². The number of hydrogen-bond acceptors (Lipinski definition) is 1. The molecular weight excluding hydrogens is 290 g/mol. The normalized spacial score (nSPS) is 14.0. The van der Waals surface area contributed by atoms with Crippen molar-refractivity contribution in [1.82, 2.24) is 0 Å². The highest BCUT2D eigenvalue weighted by atomic mass is 35.5. The van der Waals surface area contributed by atoms with Crippen LogP contribution in [0, 0.1) is 0 Å². The van der Waals surface area contributed by atoms with Crippen molar-refractivity contribution in [2.75, 3.05) is 0 Å². The lowest BCUT2D eigenvalue weighted by atomic mass is 9.86.